The molecule has 0 saturated carbocycles. The lowest BCUT2D eigenvalue weighted by Gasteiger charge is -2.44. The van der Waals surface area contributed by atoms with Crippen molar-refractivity contribution < 1.29 is 14.6 Å². The number of aliphatic hydroxyl groups excluding tert-OH is 1. The number of epoxide rings is 1. The van der Waals surface area contributed by atoms with Crippen molar-refractivity contribution >= 4 is 5.78 Å². The molecule has 0 amide bonds. The van der Waals surface area contributed by atoms with Gasteiger partial charge < -0.3 is 9.84 Å². The summed E-state index contributed by atoms with van der Waals surface area (Å²) in [5.41, 5.74) is 2.20. The van der Waals surface area contributed by atoms with E-state index in [4.69, 9.17) is 4.74 Å². The minimum atomic E-state index is -0.610. The van der Waals surface area contributed by atoms with E-state index in [9.17, 15) is 9.90 Å². The summed E-state index contributed by atoms with van der Waals surface area (Å²) in [6.07, 6.45) is 6.65. The predicted molar refractivity (Wildman–Crippen MR) is 91.0 cm³/mol. The Morgan fingerprint density at radius 1 is 1.35 bits per heavy atom. The number of carbonyl (C=O) groups excluding carboxylic acids is 1. The fourth-order valence-corrected chi connectivity index (χ4v) is 4.05. The van der Waals surface area contributed by atoms with Gasteiger partial charge in [-0.2, -0.15) is 0 Å². The van der Waals surface area contributed by atoms with Crippen LogP contribution in [0.5, 0.6) is 0 Å². The van der Waals surface area contributed by atoms with Crippen molar-refractivity contribution in [2.45, 2.75) is 71.2 Å². The van der Waals surface area contributed by atoms with Crippen molar-refractivity contribution in [3.8, 4) is 0 Å². The van der Waals surface area contributed by atoms with Crippen LogP contribution < -0.4 is 0 Å². The zero-order chi connectivity index (χ0) is 17.0. The minimum Gasteiger partial charge on any atom is -0.389 e. The van der Waals surface area contributed by atoms with Crippen LogP contribution in [0, 0.1) is 11.3 Å². The average molecular weight is 316 g/mol. The van der Waals surface area contributed by atoms with Crippen molar-refractivity contribution in [2.24, 2.45) is 11.3 Å². The number of fused-ring (bicyclic) bond motifs is 3. The molecule has 126 valence electrons. The number of Topliss-reactive ketones (excluding diaryl/α,β-unsaturated/α-hetero) is 1. The molecule has 1 fully saturated rings. The molecule has 3 nitrogen and oxygen atoms in total. The Bertz CT molecular complexity index is 614. The van der Waals surface area contributed by atoms with E-state index in [1.165, 1.54) is 5.57 Å². The zero-order valence-electron chi connectivity index (χ0n) is 14.7. The molecule has 0 unspecified atom stereocenters. The number of ether oxygens (including phenoxy) is 1. The summed E-state index contributed by atoms with van der Waals surface area (Å²) < 4.78 is 5.76. The first kappa shape index (κ1) is 16.7. The number of rotatable bonds is 0. The Morgan fingerprint density at radius 3 is 2.74 bits per heavy atom. The summed E-state index contributed by atoms with van der Waals surface area (Å²) in [6.45, 7) is 12.6. The number of carbonyl (C=O) groups is 1. The monoisotopic (exact) mass is 316 g/mol. The molecular weight excluding hydrogens is 288 g/mol. The maximum Gasteiger partial charge on any atom is 0.194 e. The lowest BCUT2D eigenvalue weighted by atomic mass is 9.61. The molecule has 2 bridgehead atoms. The van der Waals surface area contributed by atoms with E-state index in [-0.39, 0.29) is 28.8 Å². The molecule has 0 aromatic heterocycles. The molecular formula is C20H28O3. The molecule has 3 aliphatic rings. The Morgan fingerprint density at radius 2 is 2.04 bits per heavy atom. The Kier molecular flexibility index (Phi) is 3.93. The van der Waals surface area contributed by atoms with Crippen molar-refractivity contribution in [1.82, 2.24) is 0 Å². The van der Waals surface area contributed by atoms with Crippen LogP contribution in [0.1, 0.15) is 53.4 Å². The molecule has 2 aliphatic carbocycles. The molecule has 3 rings (SSSR count). The fraction of sp³-hybridized carbons (Fsp3) is 0.650. The summed E-state index contributed by atoms with van der Waals surface area (Å²) >= 11 is 0. The second kappa shape index (κ2) is 5.42. The van der Waals surface area contributed by atoms with E-state index >= 15 is 0 Å². The van der Waals surface area contributed by atoms with Gasteiger partial charge in [-0.1, -0.05) is 32.1 Å². The lowest BCUT2D eigenvalue weighted by molar-refractivity contribution is -0.117. The molecule has 0 aromatic rings. The number of hydrogen-bond acceptors (Lipinski definition) is 3. The quantitative estimate of drug-likeness (QED) is 0.547. The van der Waals surface area contributed by atoms with Crippen LogP contribution >= 0.6 is 0 Å². The van der Waals surface area contributed by atoms with Gasteiger partial charge in [0.1, 0.15) is 11.7 Å². The van der Waals surface area contributed by atoms with Crippen LogP contribution in [0.4, 0.5) is 0 Å². The Balaban J connectivity index is 2.03. The van der Waals surface area contributed by atoms with E-state index in [1.54, 1.807) is 6.08 Å². The fourth-order valence-electron chi connectivity index (χ4n) is 4.05. The number of ketones is 1. The van der Waals surface area contributed by atoms with Gasteiger partial charge in [0.2, 0.25) is 0 Å². The highest BCUT2D eigenvalue weighted by molar-refractivity contribution is 6.05. The van der Waals surface area contributed by atoms with E-state index in [2.05, 4.69) is 33.4 Å². The van der Waals surface area contributed by atoms with Crippen LogP contribution in [-0.2, 0) is 9.53 Å². The molecule has 0 spiro atoms. The first-order valence-electron chi connectivity index (χ1n) is 8.66. The molecule has 1 saturated heterocycles. The normalized spacial score (nSPS) is 46.7. The van der Waals surface area contributed by atoms with Crippen molar-refractivity contribution in [2.75, 3.05) is 0 Å². The van der Waals surface area contributed by atoms with E-state index < -0.39 is 6.10 Å². The number of allylic oxidation sites excluding steroid dienone is 3. The molecule has 23 heavy (non-hydrogen) atoms. The van der Waals surface area contributed by atoms with E-state index in [1.807, 2.05) is 6.92 Å². The van der Waals surface area contributed by atoms with Crippen LogP contribution in [0.25, 0.3) is 0 Å². The topological polar surface area (TPSA) is 49.8 Å². The van der Waals surface area contributed by atoms with Gasteiger partial charge >= 0.3 is 0 Å². The van der Waals surface area contributed by atoms with Crippen LogP contribution in [0.2, 0.25) is 0 Å². The molecule has 1 N–H and O–H groups in total. The van der Waals surface area contributed by atoms with Gasteiger partial charge in [0, 0.05) is 5.57 Å². The van der Waals surface area contributed by atoms with Crippen LogP contribution in [-0.4, -0.2) is 28.7 Å². The van der Waals surface area contributed by atoms with Crippen molar-refractivity contribution in [3.63, 3.8) is 0 Å². The van der Waals surface area contributed by atoms with Gasteiger partial charge in [0.15, 0.2) is 5.78 Å². The highest BCUT2D eigenvalue weighted by Crippen LogP contribution is 2.51. The third kappa shape index (κ3) is 2.64. The van der Waals surface area contributed by atoms with Crippen LogP contribution in [0.3, 0.4) is 0 Å². The highest BCUT2D eigenvalue weighted by Gasteiger charge is 2.58. The third-order valence-corrected chi connectivity index (χ3v) is 6.43. The highest BCUT2D eigenvalue weighted by atomic mass is 16.6. The Hall–Kier alpha value is -1.19. The van der Waals surface area contributed by atoms with Gasteiger partial charge in [-0.05, 0) is 62.5 Å². The molecule has 1 heterocycles. The van der Waals surface area contributed by atoms with Crippen molar-refractivity contribution in [3.05, 3.63) is 35.5 Å². The molecule has 0 radical (unpaired) electrons. The summed E-state index contributed by atoms with van der Waals surface area (Å²) in [7, 11) is 0. The molecule has 5 atom stereocenters. The first-order chi connectivity index (χ1) is 10.7. The second-order valence-electron chi connectivity index (χ2n) is 8.02. The standard InChI is InChI=1S/C20H28O3/c1-12-7-6-9-20(5)18(23-20)17(22)15-11-16(21)14(3)19(4,10-8-12)13(15)2/h7,11,14,16,18,21H,2,6,8-10H2,1,3-5H3/b12-7-/t14-,16-,18+,19-,20-/m0/s1. The first-order valence-corrected chi connectivity index (χ1v) is 8.66. The Labute approximate surface area is 139 Å². The van der Waals surface area contributed by atoms with E-state index in [0.717, 1.165) is 31.3 Å². The zero-order valence-corrected chi connectivity index (χ0v) is 14.7. The van der Waals surface area contributed by atoms with Crippen molar-refractivity contribution in [1.29, 1.82) is 0 Å². The van der Waals surface area contributed by atoms with Gasteiger partial charge in [-0.15, -0.1) is 0 Å². The number of aliphatic hydroxyl groups is 1. The SMILES string of the molecule is C=C1C2=C[C@H](O)[C@H](C)[C@@]1(C)CC/C(C)=C\CC[C@]1(C)O[C@@H]1C2=O. The summed E-state index contributed by atoms with van der Waals surface area (Å²) in [5.74, 6) is 0.0461. The number of hydrogen-bond donors (Lipinski definition) is 1. The lowest BCUT2D eigenvalue weighted by Crippen LogP contribution is -2.41. The smallest absolute Gasteiger partial charge is 0.194 e. The summed E-state index contributed by atoms with van der Waals surface area (Å²) in [6, 6.07) is 0. The maximum absolute atomic E-state index is 12.9. The van der Waals surface area contributed by atoms with Crippen LogP contribution in [0.15, 0.2) is 35.5 Å². The van der Waals surface area contributed by atoms with Gasteiger partial charge in [0.25, 0.3) is 0 Å². The van der Waals surface area contributed by atoms with Gasteiger partial charge in [0.05, 0.1) is 6.10 Å². The molecule has 3 heteroatoms. The summed E-state index contributed by atoms with van der Waals surface area (Å²) in [5, 5.41) is 10.5. The van der Waals surface area contributed by atoms with E-state index in [0.29, 0.717) is 5.57 Å². The van der Waals surface area contributed by atoms with Gasteiger partial charge in [-0.25, -0.2) is 0 Å². The second-order valence-corrected chi connectivity index (χ2v) is 8.02. The molecule has 1 aliphatic heterocycles. The van der Waals surface area contributed by atoms with Gasteiger partial charge in [-0.3, -0.25) is 4.79 Å². The minimum absolute atomic E-state index is 0.00375. The molecule has 0 aromatic carbocycles. The largest absolute Gasteiger partial charge is 0.389 e. The maximum atomic E-state index is 12.9. The third-order valence-electron chi connectivity index (χ3n) is 6.43. The summed E-state index contributed by atoms with van der Waals surface area (Å²) in [4.78, 5) is 12.9. The predicted octanol–water partition coefficient (Wildman–Crippen LogP) is 3.73. The average Bonchev–Trinajstić information content (AvgIpc) is 3.17.